The largest absolute Gasteiger partial charge is 0.504 e. The van der Waals surface area contributed by atoms with E-state index in [1.807, 2.05) is 25.1 Å². The van der Waals surface area contributed by atoms with Crippen molar-refractivity contribution in [3.63, 3.8) is 0 Å². The van der Waals surface area contributed by atoms with Gasteiger partial charge in [0.25, 0.3) is 0 Å². The van der Waals surface area contributed by atoms with E-state index in [-0.39, 0.29) is 11.5 Å². The van der Waals surface area contributed by atoms with Crippen molar-refractivity contribution in [3.8, 4) is 17.2 Å². The Bertz CT molecular complexity index is 582. The minimum Gasteiger partial charge on any atom is -0.504 e. The van der Waals surface area contributed by atoms with Crippen LogP contribution in [0.15, 0.2) is 36.4 Å². The van der Waals surface area contributed by atoms with Gasteiger partial charge in [0.1, 0.15) is 0 Å². The molecule has 0 spiro atoms. The van der Waals surface area contributed by atoms with E-state index >= 15 is 0 Å². The molecule has 0 unspecified atom stereocenters. The summed E-state index contributed by atoms with van der Waals surface area (Å²) in [6, 6.07) is 11.1. The van der Waals surface area contributed by atoms with Crippen LogP contribution in [0.4, 0.5) is 0 Å². The van der Waals surface area contributed by atoms with Crippen molar-refractivity contribution in [2.75, 3.05) is 0 Å². The molecule has 0 radical (unpaired) electrons. The third-order valence-electron chi connectivity index (χ3n) is 2.94. The Morgan fingerprint density at radius 3 is 2.47 bits per heavy atom. The van der Waals surface area contributed by atoms with Crippen LogP contribution in [0.1, 0.15) is 16.7 Å². The maximum absolute atomic E-state index is 9.67. The van der Waals surface area contributed by atoms with Crippen molar-refractivity contribution in [3.05, 3.63) is 53.1 Å². The molecule has 0 saturated carbocycles. The van der Waals surface area contributed by atoms with Crippen LogP contribution in [-0.2, 0) is 13.1 Å². The van der Waals surface area contributed by atoms with Crippen LogP contribution in [0.5, 0.6) is 17.2 Å². The van der Waals surface area contributed by atoms with Gasteiger partial charge in [0.05, 0.1) is 0 Å². The van der Waals surface area contributed by atoms with Gasteiger partial charge in [-0.1, -0.05) is 35.9 Å². The van der Waals surface area contributed by atoms with Gasteiger partial charge in [-0.15, -0.1) is 0 Å². The lowest BCUT2D eigenvalue weighted by Crippen LogP contribution is -2.12. The number of nitrogens with one attached hydrogen (secondary N) is 1. The fourth-order valence-electron chi connectivity index (χ4n) is 1.92. The Morgan fingerprint density at radius 1 is 0.947 bits per heavy atom. The van der Waals surface area contributed by atoms with Crippen molar-refractivity contribution in [2.45, 2.75) is 20.0 Å². The summed E-state index contributed by atoms with van der Waals surface area (Å²) in [5, 5.41) is 31.5. The second-order valence-corrected chi connectivity index (χ2v) is 4.53. The molecule has 0 fully saturated rings. The fourth-order valence-corrected chi connectivity index (χ4v) is 1.92. The normalized spacial score (nSPS) is 10.6. The van der Waals surface area contributed by atoms with E-state index in [0.717, 1.165) is 5.56 Å². The molecule has 100 valence electrons. The lowest BCUT2D eigenvalue weighted by molar-refractivity contribution is 0.364. The molecule has 0 aliphatic heterocycles. The number of aryl methyl sites for hydroxylation is 1. The van der Waals surface area contributed by atoms with Crippen molar-refractivity contribution in [2.24, 2.45) is 0 Å². The van der Waals surface area contributed by atoms with Gasteiger partial charge in [-0.2, -0.15) is 0 Å². The van der Waals surface area contributed by atoms with Gasteiger partial charge in [0.15, 0.2) is 11.5 Å². The summed E-state index contributed by atoms with van der Waals surface area (Å²) in [5.41, 5.74) is 2.90. The third kappa shape index (κ3) is 3.17. The summed E-state index contributed by atoms with van der Waals surface area (Å²) in [6.07, 6.45) is 0. The van der Waals surface area contributed by atoms with E-state index < -0.39 is 5.75 Å². The number of phenols is 3. The lowest BCUT2D eigenvalue weighted by Gasteiger charge is -2.09. The zero-order valence-corrected chi connectivity index (χ0v) is 10.7. The van der Waals surface area contributed by atoms with Crippen LogP contribution in [0.25, 0.3) is 0 Å². The summed E-state index contributed by atoms with van der Waals surface area (Å²) >= 11 is 0. The van der Waals surface area contributed by atoms with Crippen molar-refractivity contribution < 1.29 is 15.3 Å². The summed E-state index contributed by atoms with van der Waals surface area (Å²) < 4.78 is 0. The van der Waals surface area contributed by atoms with E-state index in [1.54, 1.807) is 6.07 Å². The monoisotopic (exact) mass is 259 g/mol. The number of rotatable bonds is 4. The average molecular weight is 259 g/mol. The molecule has 0 aromatic heterocycles. The Balaban J connectivity index is 1.98. The molecule has 0 amide bonds. The molecule has 2 aromatic carbocycles. The van der Waals surface area contributed by atoms with Gasteiger partial charge in [-0.25, -0.2) is 0 Å². The lowest BCUT2D eigenvalue weighted by atomic mass is 10.1. The van der Waals surface area contributed by atoms with E-state index in [2.05, 4.69) is 11.4 Å². The Kier molecular flexibility index (Phi) is 3.92. The molecule has 19 heavy (non-hydrogen) atoms. The van der Waals surface area contributed by atoms with E-state index in [1.165, 1.54) is 11.6 Å². The van der Waals surface area contributed by atoms with Crippen molar-refractivity contribution in [1.82, 2.24) is 5.32 Å². The van der Waals surface area contributed by atoms with Gasteiger partial charge in [0, 0.05) is 18.7 Å². The minimum absolute atomic E-state index is 0.281. The summed E-state index contributed by atoms with van der Waals surface area (Å²) in [4.78, 5) is 0. The summed E-state index contributed by atoms with van der Waals surface area (Å²) in [5.74, 6) is -1.08. The average Bonchev–Trinajstić information content (AvgIpc) is 2.39. The highest BCUT2D eigenvalue weighted by molar-refractivity contribution is 5.53. The summed E-state index contributed by atoms with van der Waals surface area (Å²) in [7, 11) is 0. The van der Waals surface area contributed by atoms with Gasteiger partial charge in [-0.05, 0) is 18.6 Å². The number of hydrogen-bond acceptors (Lipinski definition) is 4. The molecule has 2 aromatic rings. The number of hydrogen-bond donors (Lipinski definition) is 4. The molecule has 0 atom stereocenters. The molecule has 0 bridgehead atoms. The SMILES string of the molecule is Cc1cccc(CNCc2ccc(O)c(O)c2O)c1. The highest BCUT2D eigenvalue weighted by Crippen LogP contribution is 2.36. The van der Waals surface area contributed by atoms with Gasteiger partial charge < -0.3 is 20.6 Å². The molecule has 2 rings (SSSR count). The molecule has 0 heterocycles. The highest BCUT2D eigenvalue weighted by Gasteiger charge is 2.10. The van der Waals surface area contributed by atoms with Crippen molar-refractivity contribution in [1.29, 1.82) is 0 Å². The molecule has 4 heteroatoms. The van der Waals surface area contributed by atoms with Gasteiger partial charge in [-0.3, -0.25) is 0 Å². The maximum Gasteiger partial charge on any atom is 0.200 e. The molecule has 0 aliphatic carbocycles. The first-order chi connectivity index (χ1) is 9.08. The standard InChI is InChI=1S/C15H17NO3/c1-10-3-2-4-11(7-10)8-16-9-12-5-6-13(17)15(19)14(12)18/h2-7,16-19H,8-9H2,1H3. The zero-order chi connectivity index (χ0) is 13.8. The number of aromatic hydroxyl groups is 3. The minimum atomic E-state index is -0.477. The first-order valence-corrected chi connectivity index (χ1v) is 6.07. The third-order valence-corrected chi connectivity index (χ3v) is 2.94. The zero-order valence-electron chi connectivity index (χ0n) is 10.7. The molecule has 4 N–H and O–H groups in total. The fraction of sp³-hybridized carbons (Fsp3) is 0.200. The second kappa shape index (κ2) is 5.63. The van der Waals surface area contributed by atoms with E-state index in [0.29, 0.717) is 18.7 Å². The Labute approximate surface area is 112 Å². The van der Waals surface area contributed by atoms with Crippen LogP contribution in [0, 0.1) is 6.92 Å². The van der Waals surface area contributed by atoms with Crippen LogP contribution < -0.4 is 5.32 Å². The number of benzene rings is 2. The van der Waals surface area contributed by atoms with E-state index in [9.17, 15) is 15.3 Å². The van der Waals surface area contributed by atoms with Gasteiger partial charge >= 0.3 is 0 Å². The molecule has 0 aliphatic rings. The summed E-state index contributed by atoms with van der Waals surface area (Å²) in [6.45, 7) is 3.11. The smallest absolute Gasteiger partial charge is 0.200 e. The van der Waals surface area contributed by atoms with E-state index in [4.69, 9.17) is 0 Å². The molecular formula is C15H17NO3. The predicted octanol–water partition coefficient (Wildman–Crippen LogP) is 2.40. The second-order valence-electron chi connectivity index (χ2n) is 4.53. The predicted molar refractivity (Wildman–Crippen MR) is 73.2 cm³/mol. The first kappa shape index (κ1) is 13.2. The van der Waals surface area contributed by atoms with Gasteiger partial charge in [0.2, 0.25) is 5.75 Å². The highest BCUT2D eigenvalue weighted by atomic mass is 16.3. The Hall–Kier alpha value is -2.20. The van der Waals surface area contributed by atoms with Crippen molar-refractivity contribution >= 4 is 0 Å². The Morgan fingerprint density at radius 2 is 1.74 bits per heavy atom. The van der Waals surface area contributed by atoms with Crippen LogP contribution in [-0.4, -0.2) is 15.3 Å². The van der Waals surface area contributed by atoms with Crippen LogP contribution in [0.2, 0.25) is 0 Å². The molecular weight excluding hydrogens is 242 g/mol. The quantitative estimate of drug-likeness (QED) is 0.636. The molecule has 4 nitrogen and oxygen atoms in total. The topological polar surface area (TPSA) is 72.7 Å². The first-order valence-electron chi connectivity index (χ1n) is 6.07. The number of phenolic OH excluding ortho intramolecular Hbond substituents is 3. The van der Waals surface area contributed by atoms with Crippen LogP contribution in [0.3, 0.4) is 0 Å². The van der Waals surface area contributed by atoms with Crippen LogP contribution >= 0.6 is 0 Å². The maximum atomic E-state index is 9.67. The molecule has 0 saturated heterocycles.